The van der Waals surface area contributed by atoms with Crippen molar-refractivity contribution < 1.29 is 4.57 Å². The minimum atomic E-state index is -3.08. The van der Waals surface area contributed by atoms with E-state index in [-0.39, 0.29) is 5.66 Å². The van der Waals surface area contributed by atoms with Crippen molar-refractivity contribution >= 4 is 82.4 Å². The third-order valence-electron chi connectivity index (χ3n) is 9.18. The van der Waals surface area contributed by atoms with Crippen molar-refractivity contribution in [3.63, 3.8) is 0 Å². The Morgan fingerprint density at radius 3 is 1.33 bits per heavy atom. The number of rotatable bonds is 3. The van der Waals surface area contributed by atoms with Gasteiger partial charge in [0.1, 0.15) is 0 Å². The first kappa shape index (κ1) is 21.7. The van der Waals surface area contributed by atoms with Crippen LogP contribution >= 0.6 is 7.14 Å². The maximum atomic E-state index is 16.1. The number of allylic oxidation sites excluding steroid dienone is 2. The highest BCUT2D eigenvalue weighted by atomic mass is 31.2. The summed E-state index contributed by atoms with van der Waals surface area (Å²) in [7, 11) is -3.08. The Hall–Kier alpha value is -4.19. The van der Waals surface area contributed by atoms with Gasteiger partial charge in [0.2, 0.25) is 0 Å². The molecule has 0 spiro atoms. The zero-order valence-corrected chi connectivity index (χ0v) is 22.3. The van der Waals surface area contributed by atoms with E-state index in [1.807, 2.05) is 0 Å². The first-order valence-corrected chi connectivity index (χ1v) is 15.6. The van der Waals surface area contributed by atoms with Gasteiger partial charge in [-0.3, -0.25) is 0 Å². The molecule has 0 radical (unpaired) electrons. The lowest BCUT2D eigenvalue weighted by atomic mass is 9.94. The molecule has 0 amide bonds. The topological polar surface area (TPSA) is 17.1 Å². The fourth-order valence-electron chi connectivity index (χ4n) is 7.43. The molecule has 0 bridgehead atoms. The van der Waals surface area contributed by atoms with E-state index in [0.717, 1.165) is 34.2 Å². The fourth-order valence-corrected chi connectivity index (χ4v) is 11.0. The van der Waals surface area contributed by atoms with Crippen LogP contribution in [0.15, 0.2) is 121 Å². The second-order valence-corrected chi connectivity index (χ2v) is 14.1. The zero-order valence-electron chi connectivity index (χ0n) is 21.4. The van der Waals surface area contributed by atoms with E-state index >= 15 is 4.57 Å². The minimum Gasteiger partial charge on any atom is -0.313 e. The quantitative estimate of drug-likeness (QED) is 0.130. The van der Waals surface area contributed by atoms with Gasteiger partial charge in [-0.1, -0.05) is 109 Å². The molecule has 39 heavy (non-hydrogen) atoms. The van der Waals surface area contributed by atoms with Crippen LogP contribution in [0.2, 0.25) is 0 Å². The van der Waals surface area contributed by atoms with Crippen molar-refractivity contribution in [2.45, 2.75) is 18.5 Å². The van der Waals surface area contributed by atoms with E-state index in [0.29, 0.717) is 0 Å². The first-order chi connectivity index (χ1) is 19.2. The van der Waals surface area contributed by atoms with Gasteiger partial charge in [-0.25, -0.2) is 0 Å². The fraction of sp³-hybridized carbons (Fsp3) is 0.0811. The predicted molar refractivity (Wildman–Crippen MR) is 169 cm³/mol. The van der Waals surface area contributed by atoms with Gasteiger partial charge in [0.15, 0.2) is 7.14 Å². The molecule has 2 heteroatoms. The summed E-state index contributed by atoms with van der Waals surface area (Å²) in [6, 6.07) is 39.5. The number of hydrogen-bond donors (Lipinski definition) is 0. The average molecular weight is 517 g/mol. The van der Waals surface area contributed by atoms with Crippen LogP contribution in [0, 0.1) is 0 Å². The Bertz CT molecular complexity index is 2140. The Morgan fingerprint density at radius 1 is 0.487 bits per heavy atom. The maximum absolute atomic E-state index is 16.1. The molecule has 1 aliphatic rings. The van der Waals surface area contributed by atoms with Gasteiger partial charge in [-0.15, -0.1) is 0 Å². The summed E-state index contributed by atoms with van der Waals surface area (Å²) in [6.45, 7) is 0. The molecule has 9 rings (SSSR count). The molecule has 1 atom stereocenters. The number of benzene rings is 8. The van der Waals surface area contributed by atoms with Crippen LogP contribution in [0.3, 0.4) is 0 Å². The summed E-state index contributed by atoms with van der Waals surface area (Å²) in [6.07, 6.45) is 6.35. The zero-order chi connectivity index (χ0) is 25.7. The van der Waals surface area contributed by atoms with E-state index in [4.69, 9.17) is 0 Å². The normalized spacial score (nSPS) is 16.3. The molecular formula is C37H25OP. The van der Waals surface area contributed by atoms with Crippen LogP contribution < -0.4 is 10.6 Å². The van der Waals surface area contributed by atoms with Crippen LogP contribution in [-0.2, 0) is 4.57 Å². The smallest absolute Gasteiger partial charge is 0.150 e. The van der Waals surface area contributed by atoms with E-state index in [2.05, 4.69) is 121 Å². The summed E-state index contributed by atoms with van der Waals surface area (Å²) in [4.78, 5) is 0. The third kappa shape index (κ3) is 2.79. The summed E-state index contributed by atoms with van der Waals surface area (Å²) >= 11 is 0. The van der Waals surface area contributed by atoms with Crippen molar-refractivity contribution in [1.82, 2.24) is 0 Å². The molecular weight excluding hydrogens is 491 g/mol. The Morgan fingerprint density at radius 2 is 0.897 bits per heavy atom. The van der Waals surface area contributed by atoms with Crippen molar-refractivity contribution in [1.29, 1.82) is 0 Å². The maximum Gasteiger partial charge on any atom is 0.150 e. The van der Waals surface area contributed by atoms with E-state index in [1.165, 1.54) is 53.9 Å². The average Bonchev–Trinajstić information content (AvgIpc) is 3.54. The standard InChI is InChI=1S/C37H25OP/c38-39(29-9-1-2-10-29,32-21-17-27-13-11-23-5-3-7-25-15-19-30(32)36(27)34(23)25)33-22-18-28-14-12-24-6-4-8-26-16-20-31(33)37(28)35(24)26/h1,3-9,11-22,29H,2,10H2. The molecule has 0 saturated carbocycles. The van der Waals surface area contributed by atoms with Crippen LogP contribution in [0.1, 0.15) is 12.8 Å². The molecule has 0 heterocycles. The Kier molecular flexibility index (Phi) is 4.28. The lowest BCUT2D eigenvalue weighted by Crippen LogP contribution is -2.25. The van der Waals surface area contributed by atoms with Crippen LogP contribution in [0.25, 0.3) is 64.6 Å². The summed E-state index contributed by atoms with van der Waals surface area (Å²) in [5, 5.41) is 16.7. The van der Waals surface area contributed by atoms with Gasteiger partial charge in [0.05, 0.1) is 0 Å². The molecule has 8 aromatic carbocycles. The molecule has 0 aromatic heterocycles. The third-order valence-corrected chi connectivity index (χ3v) is 12.8. The van der Waals surface area contributed by atoms with Gasteiger partial charge >= 0.3 is 0 Å². The molecule has 0 fully saturated rings. The summed E-state index contributed by atoms with van der Waals surface area (Å²) < 4.78 is 16.1. The van der Waals surface area contributed by atoms with E-state index in [9.17, 15) is 0 Å². The molecule has 0 aliphatic heterocycles. The minimum absolute atomic E-state index is 0.00514. The molecule has 1 aliphatic carbocycles. The first-order valence-electron chi connectivity index (χ1n) is 13.8. The van der Waals surface area contributed by atoms with Crippen molar-refractivity contribution in [2.24, 2.45) is 0 Å². The lowest BCUT2D eigenvalue weighted by Gasteiger charge is -2.28. The predicted octanol–water partition coefficient (Wildman–Crippen LogP) is 9.51. The summed E-state index contributed by atoms with van der Waals surface area (Å²) in [5.41, 5.74) is -0.00514. The SMILES string of the molecule is O=P(c1ccc2ccc3cccc4ccc1c2c34)(c1ccc2ccc3cccc4ccc1c2c34)C1C=CCC1. The van der Waals surface area contributed by atoms with Crippen LogP contribution in [0.5, 0.6) is 0 Å². The number of hydrogen-bond acceptors (Lipinski definition) is 1. The van der Waals surface area contributed by atoms with E-state index in [1.54, 1.807) is 0 Å². The van der Waals surface area contributed by atoms with Gasteiger partial charge < -0.3 is 4.57 Å². The molecule has 1 unspecified atom stereocenters. The molecule has 184 valence electrons. The van der Waals surface area contributed by atoms with Crippen molar-refractivity contribution in [3.8, 4) is 0 Å². The monoisotopic (exact) mass is 516 g/mol. The van der Waals surface area contributed by atoms with Gasteiger partial charge in [-0.2, -0.15) is 0 Å². The van der Waals surface area contributed by atoms with Gasteiger partial charge in [-0.05, 0) is 89.6 Å². The Balaban J connectivity index is 1.44. The van der Waals surface area contributed by atoms with Crippen molar-refractivity contribution in [3.05, 3.63) is 121 Å². The second-order valence-electron chi connectivity index (χ2n) is 11.1. The molecule has 0 N–H and O–H groups in total. The highest BCUT2D eigenvalue weighted by molar-refractivity contribution is 7.80. The lowest BCUT2D eigenvalue weighted by molar-refractivity contribution is 0.581. The molecule has 8 aromatic rings. The summed E-state index contributed by atoms with van der Waals surface area (Å²) in [5.74, 6) is 0. The molecule has 0 saturated heterocycles. The molecule has 1 nitrogen and oxygen atoms in total. The largest absolute Gasteiger partial charge is 0.313 e. The van der Waals surface area contributed by atoms with Crippen molar-refractivity contribution in [2.75, 3.05) is 0 Å². The van der Waals surface area contributed by atoms with Gasteiger partial charge in [0, 0.05) is 16.3 Å². The van der Waals surface area contributed by atoms with Gasteiger partial charge in [0.25, 0.3) is 0 Å². The van der Waals surface area contributed by atoms with Crippen LogP contribution in [-0.4, -0.2) is 5.66 Å². The Labute approximate surface area is 226 Å². The van der Waals surface area contributed by atoms with Crippen LogP contribution in [0.4, 0.5) is 0 Å². The highest BCUT2D eigenvalue weighted by Crippen LogP contribution is 2.56. The van der Waals surface area contributed by atoms with E-state index < -0.39 is 7.14 Å². The highest BCUT2D eigenvalue weighted by Gasteiger charge is 2.39. The second kappa shape index (κ2) is 7.69.